The van der Waals surface area contributed by atoms with E-state index in [1.807, 2.05) is 12.3 Å². The minimum Gasteiger partial charge on any atom is -0.296 e. The molecule has 2 rings (SSSR count). The Hall–Kier alpha value is -1.27. The molecule has 0 aliphatic carbocycles. The first-order valence-corrected chi connectivity index (χ1v) is 6.18. The fraction of sp³-hybridized carbons (Fsp3) is 0.100. The zero-order chi connectivity index (χ0) is 11.5. The summed E-state index contributed by atoms with van der Waals surface area (Å²) in [7, 11) is 0. The van der Waals surface area contributed by atoms with Gasteiger partial charge in [0.05, 0.1) is 5.69 Å². The van der Waals surface area contributed by atoms with Crippen molar-refractivity contribution in [3.63, 3.8) is 0 Å². The van der Waals surface area contributed by atoms with Gasteiger partial charge in [0, 0.05) is 5.38 Å². The highest BCUT2D eigenvalue weighted by atomic mass is 79.9. The summed E-state index contributed by atoms with van der Waals surface area (Å²) in [5.74, 6) is -0.254. The summed E-state index contributed by atoms with van der Waals surface area (Å²) in [4.78, 5) is 20.0. The zero-order valence-corrected chi connectivity index (χ0v) is 10.8. The van der Waals surface area contributed by atoms with E-state index < -0.39 is 0 Å². The Bertz CT molecular complexity index is 526. The van der Waals surface area contributed by atoms with Crippen molar-refractivity contribution in [2.24, 2.45) is 0 Å². The number of nitrogens with zero attached hydrogens (tertiary/aromatic N) is 2. The van der Waals surface area contributed by atoms with E-state index in [-0.39, 0.29) is 5.91 Å². The highest BCUT2D eigenvalue weighted by molar-refractivity contribution is 9.10. The molecule has 0 fully saturated rings. The predicted octanol–water partition coefficient (Wildman–Crippen LogP) is 2.86. The maximum absolute atomic E-state index is 11.7. The molecule has 0 bridgehead atoms. The lowest BCUT2D eigenvalue weighted by molar-refractivity contribution is 0.102. The van der Waals surface area contributed by atoms with Gasteiger partial charge in [0.2, 0.25) is 0 Å². The standard InChI is InChI=1S/C10H8BrN3OS/c1-6-5-16-10(12-6)14-9(15)7-3-2-4-8(11)13-7/h2-5H,1H3,(H,12,14,15). The maximum Gasteiger partial charge on any atom is 0.276 e. The second-order valence-corrected chi connectivity index (χ2v) is 4.76. The molecule has 2 aromatic rings. The van der Waals surface area contributed by atoms with Gasteiger partial charge >= 0.3 is 0 Å². The number of carbonyl (C=O) groups is 1. The molecule has 4 nitrogen and oxygen atoms in total. The van der Waals surface area contributed by atoms with E-state index in [2.05, 4.69) is 31.2 Å². The first-order chi connectivity index (χ1) is 7.65. The number of amides is 1. The van der Waals surface area contributed by atoms with Gasteiger partial charge in [-0.15, -0.1) is 11.3 Å². The molecule has 0 radical (unpaired) electrons. The van der Waals surface area contributed by atoms with Gasteiger partial charge in [-0.25, -0.2) is 9.97 Å². The molecule has 0 saturated carbocycles. The Morgan fingerprint density at radius 1 is 1.44 bits per heavy atom. The SMILES string of the molecule is Cc1csc(NC(=O)c2cccc(Br)n2)n1. The van der Waals surface area contributed by atoms with Gasteiger partial charge in [-0.1, -0.05) is 6.07 Å². The van der Waals surface area contributed by atoms with Crippen molar-refractivity contribution >= 4 is 38.3 Å². The van der Waals surface area contributed by atoms with Gasteiger partial charge in [0.1, 0.15) is 10.3 Å². The highest BCUT2D eigenvalue weighted by Gasteiger charge is 2.09. The molecule has 16 heavy (non-hydrogen) atoms. The van der Waals surface area contributed by atoms with E-state index in [1.165, 1.54) is 11.3 Å². The van der Waals surface area contributed by atoms with Crippen LogP contribution >= 0.6 is 27.3 Å². The smallest absolute Gasteiger partial charge is 0.276 e. The largest absolute Gasteiger partial charge is 0.296 e. The number of thiazole rings is 1. The molecule has 0 aliphatic rings. The molecule has 1 N–H and O–H groups in total. The molecular formula is C10H8BrN3OS. The number of nitrogens with one attached hydrogen (secondary N) is 1. The Labute approximate surface area is 105 Å². The third-order valence-electron chi connectivity index (χ3n) is 1.79. The lowest BCUT2D eigenvalue weighted by Crippen LogP contribution is -2.13. The van der Waals surface area contributed by atoms with Gasteiger partial charge in [0.15, 0.2) is 5.13 Å². The van der Waals surface area contributed by atoms with Crippen LogP contribution in [0.5, 0.6) is 0 Å². The van der Waals surface area contributed by atoms with E-state index in [4.69, 9.17) is 0 Å². The lowest BCUT2D eigenvalue weighted by atomic mass is 10.3. The van der Waals surface area contributed by atoms with Crippen LogP contribution in [0.1, 0.15) is 16.2 Å². The summed E-state index contributed by atoms with van der Waals surface area (Å²) in [6, 6.07) is 5.18. The third-order valence-corrected chi connectivity index (χ3v) is 3.10. The second-order valence-electron chi connectivity index (χ2n) is 3.09. The van der Waals surface area contributed by atoms with Crippen molar-refractivity contribution in [3.05, 3.63) is 39.6 Å². The van der Waals surface area contributed by atoms with Crippen molar-refractivity contribution in [1.29, 1.82) is 0 Å². The molecule has 2 heterocycles. The molecule has 0 saturated heterocycles. The molecule has 1 amide bonds. The monoisotopic (exact) mass is 297 g/mol. The van der Waals surface area contributed by atoms with Crippen LogP contribution < -0.4 is 5.32 Å². The molecule has 0 aliphatic heterocycles. The van der Waals surface area contributed by atoms with Crippen molar-refractivity contribution in [3.8, 4) is 0 Å². The number of aryl methyl sites for hydroxylation is 1. The summed E-state index contributed by atoms with van der Waals surface area (Å²) < 4.78 is 0.635. The maximum atomic E-state index is 11.7. The average Bonchev–Trinajstić information content (AvgIpc) is 2.64. The minimum atomic E-state index is -0.254. The number of hydrogen-bond donors (Lipinski definition) is 1. The van der Waals surface area contributed by atoms with Crippen LogP contribution in [0.15, 0.2) is 28.2 Å². The molecule has 82 valence electrons. The molecule has 0 aromatic carbocycles. The van der Waals surface area contributed by atoms with Crippen molar-refractivity contribution < 1.29 is 4.79 Å². The van der Waals surface area contributed by atoms with Gasteiger partial charge in [-0.05, 0) is 35.0 Å². The summed E-state index contributed by atoms with van der Waals surface area (Å²) in [5.41, 5.74) is 1.25. The molecule has 0 spiro atoms. The summed E-state index contributed by atoms with van der Waals surface area (Å²) >= 11 is 4.61. The Kier molecular flexibility index (Phi) is 3.31. The van der Waals surface area contributed by atoms with Gasteiger partial charge in [-0.2, -0.15) is 0 Å². The van der Waals surface area contributed by atoms with E-state index in [1.54, 1.807) is 18.2 Å². The van der Waals surface area contributed by atoms with E-state index >= 15 is 0 Å². The number of carbonyl (C=O) groups excluding carboxylic acids is 1. The normalized spacial score (nSPS) is 10.1. The van der Waals surface area contributed by atoms with Crippen LogP contribution in [-0.2, 0) is 0 Å². The number of aromatic nitrogens is 2. The van der Waals surface area contributed by atoms with Crippen LogP contribution in [0, 0.1) is 6.92 Å². The van der Waals surface area contributed by atoms with Crippen LogP contribution in [0.3, 0.4) is 0 Å². The fourth-order valence-electron chi connectivity index (χ4n) is 1.11. The van der Waals surface area contributed by atoms with Crippen LogP contribution in [0.4, 0.5) is 5.13 Å². The Balaban J connectivity index is 2.14. The quantitative estimate of drug-likeness (QED) is 0.867. The van der Waals surface area contributed by atoms with Gasteiger partial charge < -0.3 is 0 Å². The van der Waals surface area contributed by atoms with E-state index in [0.29, 0.717) is 15.4 Å². The fourth-order valence-corrected chi connectivity index (χ4v) is 2.13. The number of halogens is 1. The first kappa shape index (κ1) is 11.2. The summed E-state index contributed by atoms with van der Waals surface area (Å²) in [6.07, 6.45) is 0. The van der Waals surface area contributed by atoms with Crippen LogP contribution in [-0.4, -0.2) is 15.9 Å². The third kappa shape index (κ3) is 2.65. The summed E-state index contributed by atoms with van der Waals surface area (Å²) in [6.45, 7) is 1.88. The molecule has 2 aromatic heterocycles. The summed E-state index contributed by atoms with van der Waals surface area (Å²) in [5, 5.41) is 5.16. The lowest BCUT2D eigenvalue weighted by Gasteiger charge is -2.00. The van der Waals surface area contributed by atoms with Crippen LogP contribution in [0.2, 0.25) is 0 Å². The highest BCUT2D eigenvalue weighted by Crippen LogP contribution is 2.15. The molecule has 0 unspecified atom stereocenters. The van der Waals surface area contributed by atoms with Crippen molar-refractivity contribution in [2.45, 2.75) is 6.92 Å². The number of pyridine rings is 1. The predicted molar refractivity (Wildman–Crippen MR) is 66.7 cm³/mol. The zero-order valence-electron chi connectivity index (χ0n) is 8.40. The number of rotatable bonds is 2. The Morgan fingerprint density at radius 3 is 2.88 bits per heavy atom. The second kappa shape index (κ2) is 4.71. The minimum absolute atomic E-state index is 0.254. The van der Waals surface area contributed by atoms with Crippen LogP contribution in [0.25, 0.3) is 0 Å². The first-order valence-electron chi connectivity index (χ1n) is 4.51. The molecule has 6 heteroatoms. The van der Waals surface area contributed by atoms with Crippen molar-refractivity contribution in [2.75, 3.05) is 5.32 Å². The molecular weight excluding hydrogens is 290 g/mol. The topological polar surface area (TPSA) is 54.9 Å². The average molecular weight is 298 g/mol. The Morgan fingerprint density at radius 2 is 2.25 bits per heavy atom. The van der Waals surface area contributed by atoms with E-state index in [9.17, 15) is 4.79 Å². The number of hydrogen-bond acceptors (Lipinski definition) is 4. The van der Waals surface area contributed by atoms with E-state index in [0.717, 1.165) is 5.69 Å². The van der Waals surface area contributed by atoms with Crippen molar-refractivity contribution in [1.82, 2.24) is 9.97 Å². The molecule has 0 atom stereocenters. The number of anilines is 1. The van der Waals surface area contributed by atoms with Gasteiger partial charge in [-0.3, -0.25) is 10.1 Å². The van der Waals surface area contributed by atoms with Gasteiger partial charge in [0.25, 0.3) is 5.91 Å².